The molecule has 3 aliphatic heterocycles. The Bertz CT molecular complexity index is 706. The van der Waals surface area contributed by atoms with Crippen LogP contribution in [0.15, 0.2) is 27.8 Å². The Morgan fingerprint density at radius 3 is 2.60 bits per heavy atom. The molecule has 3 fully saturated rings. The van der Waals surface area contributed by atoms with Gasteiger partial charge in [0.15, 0.2) is 11.7 Å². The average molecular weight is 436 g/mol. The van der Waals surface area contributed by atoms with E-state index in [4.69, 9.17) is 14.1 Å². The Kier molecular flexibility index (Phi) is 7.22. The van der Waals surface area contributed by atoms with Gasteiger partial charge in [-0.05, 0) is 31.2 Å². The van der Waals surface area contributed by atoms with E-state index in [0.29, 0.717) is 18.8 Å². The number of carbonyl (C=O) groups is 1. The van der Waals surface area contributed by atoms with Crippen LogP contribution in [0.4, 0.5) is 0 Å². The minimum Gasteiger partial charge on any atom is -0.459 e. The van der Waals surface area contributed by atoms with Crippen molar-refractivity contribution in [3.63, 3.8) is 0 Å². The lowest BCUT2D eigenvalue weighted by atomic mass is 9.96. The highest BCUT2D eigenvalue weighted by Crippen LogP contribution is 2.34. The fourth-order valence-electron chi connectivity index (χ4n) is 4.43. The molecule has 0 radical (unpaired) electrons. The van der Waals surface area contributed by atoms with Gasteiger partial charge >= 0.3 is 0 Å². The molecule has 0 aliphatic carbocycles. The summed E-state index contributed by atoms with van der Waals surface area (Å²) in [6.45, 7) is 10.3. The fourth-order valence-corrected chi connectivity index (χ4v) is 5.90. The summed E-state index contributed by atoms with van der Waals surface area (Å²) in [6.07, 6.45) is 2.73. The number of thioether (sulfide) groups is 1. The predicted molar refractivity (Wildman–Crippen MR) is 119 cm³/mol. The van der Waals surface area contributed by atoms with Crippen molar-refractivity contribution in [2.45, 2.75) is 18.9 Å². The fraction of sp³-hybridized carbons (Fsp3) is 0.714. The quantitative estimate of drug-likeness (QED) is 0.551. The van der Waals surface area contributed by atoms with Crippen LogP contribution in [-0.2, 0) is 4.74 Å². The number of aliphatic imine (C=N–C) groups is 1. The number of furan rings is 1. The van der Waals surface area contributed by atoms with Crippen molar-refractivity contribution in [3.8, 4) is 0 Å². The SMILES string of the molecule is CCNC(=NCC1(N2CCOCC2)CCSC1)N1CCN(C(=O)c2ccco2)CC1. The first-order chi connectivity index (χ1) is 14.7. The lowest BCUT2D eigenvalue weighted by molar-refractivity contribution is -0.0105. The molecule has 1 unspecified atom stereocenters. The van der Waals surface area contributed by atoms with Crippen LogP contribution in [0.2, 0.25) is 0 Å². The van der Waals surface area contributed by atoms with E-state index in [1.807, 2.05) is 16.7 Å². The Morgan fingerprint density at radius 1 is 1.20 bits per heavy atom. The molecule has 1 amide bonds. The maximum atomic E-state index is 12.5. The maximum absolute atomic E-state index is 12.5. The standard InChI is InChI=1S/C21H33N5O3S/c1-2-22-20(23-16-21(5-15-30-17-21)26-10-13-28-14-11-26)25-8-6-24(7-9-25)19(27)18-4-3-12-29-18/h3-4,12H,2,5-11,13-17H2,1H3,(H,22,23). The number of amides is 1. The van der Waals surface area contributed by atoms with Crippen LogP contribution >= 0.6 is 11.8 Å². The van der Waals surface area contributed by atoms with Gasteiger partial charge in [-0.25, -0.2) is 0 Å². The largest absolute Gasteiger partial charge is 0.459 e. The third-order valence-corrected chi connectivity index (χ3v) is 7.46. The number of hydrogen-bond donors (Lipinski definition) is 1. The van der Waals surface area contributed by atoms with Crippen LogP contribution in [0.1, 0.15) is 23.9 Å². The molecule has 0 aromatic carbocycles. The van der Waals surface area contributed by atoms with Gasteiger partial charge in [-0.15, -0.1) is 0 Å². The summed E-state index contributed by atoms with van der Waals surface area (Å²) in [5.41, 5.74) is 0.145. The van der Waals surface area contributed by atoms with Crippen LogP contribution in [0, 0.1) is 0 Å². The van der Waals surface area contributed by atoms with Crippen molar-refractivity contribution in [2.24, 2.45) is 4.99 Å². The molecule has 0 bridgehead atoms. The molecule has 1 aromatic heterocycles. The van der Waals surface area contributed by atoms with E-state index in [0.717, 1.165) is 64.2 Å². The Labute approximate surface area is 183 Å². The Balaban J connectivity index is 1.39. The molecule has 30 heavy (non-hydrogen) atoms. The molecule has 4 heterocycles. The second-order valence-electron chi connectivity index (χ2n) is 8.05. The molecule has 0 saturated carbocycles. The second kappa shape index (κ2) is 10.1. The van der Waals surface area contributed by atoms with Crippen molar-refractivity contribution in [3.05, 3.63) is 24.2 Å². The third kappa shape index (κ3) is 4.78. The van der Waals surface area contributed by atoms with Gasteiger partial charge in [0, 0.05) is 51.6 Å². The van der Waals surface area contributed by atoms with Crippen molar-refractivity contribution in [2.75, 3.05) is 77.1 Å². The van der Waals surface area contributed by atoms with E-state index in [9.17, 15) is 4.79 Å². The van der Waals surface area contributed by atoms with Crippen LogP contribution < -0.4 is 5.32 Å². The molecule has 1 N–H and O–H groups in total. The molecule has 166 valence electrons. The summed E-state index contributed by atoms with van der Waals surface area (Å²) in [5.74, 6) is 3.69. The van der Waals surface area contributed by atoms with Crippen molar-refractivity contribution in [1.82, 2.24) is 20.0 Å². The van der Waals surface area contributed by atoms with Crippen LogP contribution in [0.3, 0.4) is 0 Å². The molecule has 4 rings (SSSR count). The summed E-state index contributed by atoms with van der Waals surface area (Å²) >= 11 is 2.04. The highest BCUT2D eigenvalue weighted by atomic mass is 32.2. The van der Waals surface area contributed by atoms with E-state index in [1.54, 1.807) is 18.4 Å². The van der Waals surface area contributed by atoms with E-state index >= 15 is 0 Å². The number of rotatable bonds is 5. The smallest absolute Gasteiger partial charge is 0.289 e. The lowest BCUT2D eigenvalue weighted by Crippen LogP contribution is -2.57. The molecule has 3 saturated heterocycles. The number of guanidine groups is 1. The second-order valence-corrected chi connectivity index (χ2v) is 9.16. The summed E-state index contributed by atoms with van der Waals surface area (Å²) in [5, 5.41) is 3.47. The summed E-state index contributed by atoms with van der Waals surface area (Å²) in [4.78, 5) is 24.4. The van der Waals surface area contributed by atoms with Gasteiger partial charge in [-0.3, -0.25) is 14.7 Å². The lowest BCUT2D eigenvalue weighted by Gasteiger charge is -2.42. The first-order valence-electron chi connectivity index (χ1n) is 11.0. The highest BCUT2D eigenvalue weighted by molar-refractivity contribution is 7.99. The number of hydrogen-bond acceptors (Lipinski definition) is 6. The number of carbonyl (C=O) groups excluding carboxylic acids is 1. The topological polar surface area (TPSA) is 73.6 Å². The number of morpholine rings is 1. The van der Waals surface area contributed by atoms with Gasteiger partial charge < -0.3 is 24.3 Å². The zero-order valence-corrected chi connectivity index (χ0v) is 18.7. The number of piperazine rings is 1. The minimum atomic E-state index is -0.0316. The van der Waals surface area contributed by atoms with E-state index in [1.165, 1.54) is 12.2 Å². The molecular formula is C21H33N5O3S. The van der Waals surface area contributed by atoms with E-state index < -0.39 is 0 Å². The van der Waals surface area contributed by atoms with Gasteiger partial charge in [-0.2, -0.15) is 11.8 Å². The zero-order valence-electron chi connectivity index (χ0n) is 17.8. The molecular weight excluding hydrogens is 402 g/mol. The van der Waals surface area contributed by atoms with Gasteiger partial charge in [0.2, 0.25) is 0 Å². The molecule has 1 atom stereocenters. The normalized spacial score (nSPS) is 26.2. The number of nitrogens with zero attached hydrogens (tertiary/aromatic N) is 4. The van der Waals surface area contributed by atoms with Crippen LogP contribution in [-0.4, -0.2) is 109 Å². The van der Waals surface area contributed by atoms with Crippen molar-refractivity contribution in [1.29, 1.82) is 0 Å². The summed E-state index contributed by atoms with van der Waals surface area (Å²) in [6, 6.07) is 3.48. The van der Waals surface area contributed by atoms with Crippen LogP contribution in [0.25, 0.3) is 0 Å². The number of nitrogens with one attached hydrogen (secondary N) is 1. The van der Waals surface area contributed by atoms with Gasteiger partial charge in [0.1, 0.15) is 0 Å². The first-order valence-corrected chi connectivity index (χ1v) is 12.1. The van der Waals surface area contributed by atoms with Crippen molar-refractivity contribution >= 4 is 23.6 Å². The highest BCUT2D eigenvalue weighted by Gasteiger charge is 2.40. The van der Waals surface area contributed by atoms with Gasteiger partial charge in [0.25, 0.3) is 5.91 Å². The summed E-state index contributed by atoms with van der Waals surface area (Å²) < 4.78 is 10.8. The molecule has 3 aliphatic rings. The first kappa shape index (κ1) is 21.5. The van der Waals surface area contributed by atoms with Gasteiger partial charge in [0.05, 0.1) is 31.6 Å². The van der Waals surface area contributed by atoms with E-state index in [2.05, 4.69) is 22.0 Å². The van der Waals surface area contributed by atoms with Crippen LogP contribution in [0.5, 0.6) is 0 Å². The predicted octanol–water partition coefficient (Wildman–Crippen LogP) is 1.21. The van der Waals surface area contributed by atoms with E-state index in [-0.39, 0.29) is 11.4 Å². The molecule has 1 aromatic rings. The third-order valence-electron chi connectivity index (χ3n) is 6.22. The maximum Gasteiger partial charge on any atom is 0.289 e. The summed E-state index contributed by atoms with van der Waals surface area (Å²) in [7, 11) is 0. The Hall–Kier alpha value is -1.71. The number of ether oxygens (including phenoxy) is 1. The van der Waals surface area contributed by atoms with Gasteiger partial charge in [-0.1, -0.05) is 0 Å². The Morgan fingerprint density at radius 2 is 1.97 bits per heavy atom. The van der Waals surface area contributed by atoms with Crippen molar-refractivity contribution < 1.29 is 13.9 Å². The molecule has 8 nitrogen and oxygen atoms in total. The monoisotopic (exact) mass is 435 g/mol. The average Bonchev–Trinajstić information content (AvgIpc) is 3.50. The zero-order chi connectivity index (χ0) is 20.8. The molecule has 9 heteroatoms. The minimum absolute atomic E-state index is 0.0316. The molecule has 0 spiro atoms.